The molecular weight excluding hydrogens is 221 g/mol. The summed E-state index contributed by atoms with van der Waals surface area (Å²) >= 11 is 5.88. The van der Waals surface area contributed by atoms with Gasteiger partial charge in [0.1, 0.15) is 0 Å². The zero-order valence-corrected chi connectivity index (χ0v) is 12.2. The molecule has 1 fully saturated rings. The Morgan fingerprint density at radius 3 is 2.73 bits per heavy atom. The van der Waals surface area contributed by atoms with E-state index in [1.165, 1.54) is 25.6 Å². The van der Waals surface area contributed by atoms with Crippen LogP contribution in [0.2, 0.25) is 13.1 Å². The first-order valence-electron chi connectivity index (χ1n) is 5.26. The Labute approximate surface area is 112 Å². The zero-order chi connectivity index (χ0) is 10.6. The molecule has 0 aromatic carbocycles. The molecule has 1 atom stereocenters. The predicted molar refractivity (Wildman–Crippen MR) is 64.1 cm³/mol. The van der Waals surface area contributed by atoms with Crippen LogP contribution in [-0.2, 0) is 4.74 Å². The minimum Gasteiger partial charge on any atom is -0.383 e. The van der Waals surface area contributed by atoms with Crippen LogP contribution in [0.15, 0.2) is 0 Å². The Morgan fingerprint density at radius 2 is 2.20 bits per heavy atom. The maximum Gasteiger partial charge on any atom is 1.00 e. The van der Waals surface area contributed by atoms with E-state index in [4.69, 9.17) is 16.3 Å². The molecule has 5 heteroatoms. The summed E-state index contributed by atoms with van der Waals surface area (Å²) in [6.45, 7) is 6.70. The van der Waals surface area contributed by atoms with Gasteiger partial charge in [-0.3, -0.25) is 0 Å². The standard InChI is InChI=1S/C10H21ClNOSi.Li/c1-13-7-10-5-4-6-12(10)9-14(2,3)8-11;/h8,10H,4-7,9H2,1-3H3;/q-1;+1/t10-;/m0./s1. The molecule has 15 heavy (non-hydrogen) atoms. The van der Waals surface area contributed by atoms with E-state index >= 15 is 0 Å². The van der Waals surface area contributed by atoms with Crippen molar-refractivity contribution < 1.29 is 23.6 Å². The minimum atomic E-state index is -1.30. The van der Waals surface area contributed by atoms with Crippen molar-refractivity contribution >= 4 is 19.7 Å². The van der Waals surface area contributed by atoms with E-state index in [1.807, 2.05) is 5.50 Å². The van der Waals surface area contributed by atoms with Gasteiger partial charge in [-0.15, -0.1) is 0 Å². The molecule has 1 heterocycles. The second-order valence-electron chi connectivity index (χ2n) is 4.82. The van der Waals surface area contributed by atoms with Gasteiger partial charge < -0.3 is 21.2 Å². The van der Waals surface area contributed by atoms with Crippen molar-refractivity contribution in [3.8, 4) is 0 Å². The third-order valence-corrected chi connectivity index (χ3v) is 6.35. The van der Waals surface area contributed by atoms with E-state index in [1.54, 1.807) is 7.11 Å². The van der Waals surface area contributed by atoms with Gasteiger partial charge in [0.2, 0.25) is 0 Å². The first kappa shape index (κ1) is 16.0. The number of rotatable bonds is 5. The SMILES string of the molecule is COC[C@@H]1CCCN1C[Si](C)(C)[CH-]Cl.[Li+]. The number of methoxy groups -OCH3 is 1. The molecule has 0 aromatic heterocycles. The summed E-state index contributed by atoms with van der Waals surface area (Å²) in [5, 5.41) is 0. The van der Waals surface area contributed by atoms with Gasteiger partial charge >= 0.3 is 18.9 Å². The summed E-state index contributed by atoms with van der Waals surface area (Å²) in [6.07, 6.45) is 3.76. The Bertz CT molecular complexity index is 183. The van der Waals surface area contributed by atoms with Crippen LogP contribution >= 0.6 is 11.6 Å². The molecule has 1 rings (SSSR count). The van der Waals surface area contributed by atoms with Crippen LogP contribution in [0.3, 0.4) is 0 Å². The molecule has 1 saturated heterocycles. The molecule has 0 unspecified atom stereocenters. The van der Waals surface area contributed by atoms with Gasteiger partial charge in [0, 0.05) is 13.2 Å². The normalized spacial score (nSPS) is 22.8. The summed E-state index contributed by atoms with van der Waals surface area (Å²) in [5.74, 6) is 0. The fourth-order valence-electron chi connectivity index (χ4n) is 2.04. The summed E-state index contributed by atoms with van der Waals surface area (Å²) in [4.78, 5) is 2.55. The fourth-order valence-corrected chi connectivity index (χ4v) is 3.78. The topological polar surface area (TPSA) is 12.5 Å². The second kappa shape index (κ2) is 7.37. The third kappa shape index (κ3) is 5.25. The molecular formula is C10H21ClLiNOSi. The number of hydrogen-bond acceptors (Lipinski definition) is 2. The minimum absolute atomic E-state index is 0. The summed E-state index contributed by atoms with van der Waals surface area (Å²) < 4.78 is 5.23. The molecule has 0 N–H and O–H groups in total. The van der Waals surface area contributed by atoms with Crippen LogP contribution < -0.4 is 18.9 Å². The van der Waals surface area contributed by atoms with Gasteiger partial charge in [0.05, 0.1) is 6.61 Å². The molecule has 1 aliphatic rings. The first-order chi connectivity index (χ1) is 6.59. The number of halogens is 1. The molecule has 0 amide bonds. The molecule has 0 radical (unpaired) electrons. The molecule has 0 saturated carbocycles. The van der Waals surface area contributed by atoms with Crippen LogP contribution in [-0.4, -0.2) is 45.4 Å². The first-order valence-corrected chi connectivity index (χ1v) is 8.99. The van der Waals surface area contributed by atoms with E-state index in [2.05, 4.69) is 18.0 Å². The van der Waals surface area contributed by atoms with Crippen LogP contribution in [0.1, 0.15) is 12.8 Å². The maximum absolute atomic E-state index is 5.88. The molecule has 0 aliphatic carbocycles. The van der Waals surface area contributed by atoms with Crippen molar-refractivity contribution in [3.63, 3.8) is 0 Å². The Morgan fingerprint density at radius 1 is 1.53 bits per heavy atom. The molecule has 0 spiro atoms. The van der Waals surface area contributed by atoms with E-state index < -0.39 is 8.07 Å². The molecule has 84 valence electrons. The van der Waals surface area contributed by atoms with E-state index in [0.717, 1.165) is 6.61 Å². The maximum atomic E-state index is 5.88. The van der Waals surface area contributed by atoms with E-state index in [9.17, 15) is 0 Å². The number of likely N-dealkylation sites (tertiary alicyclic amines) is 1. The Hall–Kier alpha value is 1.02. The number of ether oxygens (including phenoxy) is 1. The molecule has 2 nitrogen and oxygen atoms in total. The van der Waals surface area contributed by atoms with Gasteiger partial charge in [-0.05, 0) is 25.6 Å². The quantitative estimate of drug-likeness (QED) is 0.466. The summed E-state index contributed by atoms with van der Waals surface area (Å²) in [5.41, 5.74) is 1.91. The predicted octanol–water partition coefficient (Wildman–Crippen LogP) is -0.711. The van der Waals surface area contributed by atoms with Crippen LogP contribution in [0, 0.1) is 5.50 Å². The van der Waals surface area contributed by atoms with Crippen LogP contribution in [0.5, 0.6) is 0 Å². The van der Waals surface area contributed by atoms with Gasteiger partial charge in [0.15, 0.2) is 0 Å². The Kier molecular flexibility index (Phi) is 7.87. The third-order valence-electron chi connectivity index (χ3n) is 2.76. The van der Waals surface area contributed by atoms with Crippen molar-refractivity contribution in [2.75, 3.05) is 26.4 Å². The van der Waals surface area contributed by atoms with Crippen molar-refractivity contribution in [1.29, 1.82) is 0 Å². The largest absolute Gasteiger partial charge is 1.00 e. The van der Waals surface area contributed by atoms with Crippen molar-refractivity contribution in [2.24, 2.45) is 0 Å². The Balaban J connectivity index is 0.00000196. The second-order valence-corrected chi connectivity index (χ2v) is 9.99. The zero-order valence-electron chi connectivity index (χ0n) is 10.4. The number of nitrogens with zero attached hydrogens (tertiary/aromatic N) is 1. The molecule has 0 bridgehead atoms. The van der Waals surface area contributed by atoms with Gasteiger partial charge in [-0.25, -0.2) is 5.50 Å². The van der Waals surface area contributed by atoms with Crippen LogP contribution in [0.4, 0.5) is 0 Å². The summed E-state index contributed by atoms with van der Waals surface area (Å²) in [6, 6.07) is 0.628. The van der Waals surface area contributed by atoms with Crippen molar-refractivity contribution in [1.82, 2.24) is 4.90 Å². The van der Waals surface area contributed by atoms with E-state index in [-0.39, 0.29) is 18.9 Å². The van der Waals surface area contributed by atoms with Gasteiger partial charge in [-0.2, -0.15) is 0 Å². The monoisotopic (exact) mass is 241 g/mol. The van der Waals surface area contributed by atoms with Gasteiger partial charge in [0.25, 0.3) is 0 Å². The molecule has 0 aromatic rings. The smallest absolute Gasteiger partial charge is 0.383 e. The molecule has 1 aliphatic heterocycles. The van der Waals surface area contributed by atoms with Crippen LogP contribution in [0.25, 0.3) is 0 Å². The fraction of sp³-hybridized carbons (Fsp3) is 0.900. The number of hydrogen-bond donors (Lipinski definition) is 0. The average molecular weight is 242 g/mol. The van der Waals surface area contributed by atoms with Gasteiger partial charge in [-0.1, -0.05) is 21.2 Å². The van der Waals surface area contributed by atoms with Crippen molar-refractivity contribution in [2.45, 2.75) is 32.0 Å². The summed E-state index contributed by atoms with van der Waals surface area (Å²) in [7, 11) is 0.482. The van der Waals surface area contributed by atoms with Crippen molar-refractivity contribution in [3.05, 3.63) is 5.50 Å². The van der Waals surface area contributed by atoms with E-state index in [0.29, 0.717) is 6.04 Å². The average Bonchev–Trinajstić information content (AvgIpc) is 2.53.